The van der Waals surface area contributed by atoms with E-state index in [-0.39, 0.29) is 36.6 Å². The Balaban J connectivity index is 1.32. The van der Waals surface area contributed by atoms with E-state index in [2.05, 4.69) is 0 Å². The highest BCUT2D eigenvalue weighted by atomic mass is 32.2. The number of ether oxygens (including phenoxy) is 2. The third-order valence-electron chi connectivity index (χ3n) is 6.04. The zero-order chi connectivity index (χ0) is 26.4. The number of sulfonamides is 1. The van der Waals surface area contributed by atoms with Crippen molar-refractivity contribution in [2.24, 2.45) is 0 Å². The Morgan fingerprint density at radius 2 is 1.65 bits per heavy atom. The number of fused-ring (bicyclic) bond motifs is 1. The third kappa shape index (κ3) is 5.97. The summed E-state index contributed by atoms with van der Waals surface area (Å²) in [6.45, 7) is 0.0230. The first-order valence-corrected chi connectivity index (χ1v) is 13.0. The van der Waals surface area contributed by atoms with Crippen LogP contribution in [0.1, 0.15) is 5.56 Å². The van der Waals surface area contributed by atoms with E-state index < -0.39 is 28.5 Å². The molecule has 0 atom stereocenters. The Kier molecular flexibility index (Phi) is 7.86. The number of benzene rings is 3. The van der Waals surface area contributed by atoms with Crippen LogP contribution in [0.25, 0.3) is 16.8 Å². The van der Waals surface area contributed by atoms with Crippen LogP contribution in [0.3, 0.4) is 0 Å². The van der Waals surface area contributed by atoms with E-state index in [1.54, 1.807) is 48.5 Å². The summed E-state index contributed by atoms with van der Waals surface area (Å²) in [4.78, 5) is 26.6. The third-order valence-corrected chi connectivity index (χ3v) is 7.94. The van der Waals surface area contributed by atoms with Crippen molar-refractivity contribution in [2.75, 3.05) is 39.9 Å². The average Bonchev–Trinajstić information content (AvgIpc) is 2.94. The van der Waals surface area contributed by atoms with E-state index in [0.29, 0.717) is 11.3 Å². The highest BCUT2D eigenvalue weighted by Gasteiger charge is 2.30. The van der Waals surface area contributed by atoms with Gasteiger partial charge in [-0.1, -0.05) is 42.5 Å². The second-order valence-corrected chi connectivity index (χ2v) is 10.3. The summed E-state index contributed by atoms with van der Waals surface area (Å²) in [7, 11) is -2.19. The summed E-state index contributed by atoms with van der Waals surface area (Å²) >= 11 is 0. The van der Waals surface area contributed by atoms with Crippen LogP contribution in [0.15, 0.2) is 77.2 Å². The zero-order valence-corrected chi connectivity index (χ0v) is 21.0. The molecule has 10 heteroatoms. The van der Waals surface area contributed by atoms with E-state index in [0.717, 1.165) is 10.8 Å². The van der Waals surface area contributed by atoms with Gasteiger partial charge in [0, 0.05) is 26.2 Å². The lowest BCUT2D eigenvalue weighted by Crippen LogP contribution is -2.51. The number of nitriles is 1. The lowest BCUT2D eigenvalue weighted by molar-refractivity contribution is -0.149. The minimum Gasteiger partial charge on any atom is -0.497 e. The molecule has 0 bridgehead atoms. The largest absolute Gasteiger partial charge is 0.497 e. The number of rotatable bonds is 7. The molecule has 3 aromatic rings. The molecular weight excluding hydrogens is 494 g/mol. The molecule has 3 aromatic carbocycles. The maximum absolute atomic E-state index is 13.1. The van der Waals surface area contributed by atoms with Crippen LogP contribution >= 0.6 is 0 Å². The second-order valence-electron chi connectivity index (χ2n) is 8.31. The molecule has 0 N–H and O–H groups in total. The number of methoxy groups -OCH3 is 1. The van der Waals surface area contributed by atoms with E-state index in [9.17, 15) is 23.3 Å². The molecule has 190 valence electrons. The van der Waals surface area contributed by atoms with Crippen LogP contribution in [0.5, 0.6) is 5.75 Å². The van der Waals surface area contributed by atoms with Gasteiger partial charge in [-0.15, -0.1) is 0 Å². The van der Waals surface area contributed by atoms with E-state index in [1.165, 1.54) is 22.4 Å². The Labute approximate surface area is 215 Å². The molecule has 0 aliphatic carbocycles. The highest BCUT2D eigenvalue weighted by molar-refractivity contribution is 7.89. The van der Waals surface area contributed by atoms with Gasteiger partial charge in [0.05, 0.1) is 12.0 Å². The van der Waals surface area contributed by atoms with E-state index >= 15 is 0 Å². The van der Waals surface area contributed by atoms with E-state index in [4.69, 9.17) is 9.47 Å². The molecule has 1 saturated heterocycles. The smallest absolute Gasteiger partial charge is 0.349 e. The van der Waals surface area contributed by atoms with Crippen molar-refractivity contribution in [2.45, 2.75) is 4.90 Å². The number of carbonyl (C=O) groups excluding carboxylic acids is 2. The van der Waals surface area contributed by atoms with Crippen LogP contribution in [-0.2, 0) is 24.3 Å². The Morgan fingerprint density at radius 1 is 0.973 bits per heavy atom. The van der Waals surface area contributed by atoms with Crippen molar-refractivity contribution in [3.8, 4) is 11.8 Å². The first-order valence-electron chi connectivity index (χ1n) is 11.5. The van der Waals surface area contributed by atoms with Crippen molar-refractivity contribution >= 4 is 38.7 Å². The van der Waals surface area contributed by atoms with Crippen molar-refractivity contribution in [3.63, 3.8) is 0 Å². The zero-order valence-electron chi connectivity index (χ0n) is 20.2. The van der Waals surface area contributed by atoms with Gasteiger partial charge in [0.2, 0.25) is 10.0 Å². The van der Waals surface area contributed by atoms with Crippen LogP contribution in [0.4, 0.5) is 0 Å². The van der Waals surface area contributed by atoms with Gasteiger partial charge < -0.3 is 14.4 Å². The molecule has 4 rings (SSSR count). The standard InChI is InChI=1S/C27H25N3O6S/c1-35-24-9-6-20(7-10-24)16-23(18-28)27(32)36-19-26(31)29-12-14-30(15-13-29)37(33,34)25-11-8-21-4-2-3-5-22(21)17-25/h2-11,16-17H,12-15,19H2,1H3/b23-16+. The Hall–Kier alpha value is -4.20. The number of piperazine rings is 1. The molecule has 1 aliphatic rings. The summed E-state index contributed by atoms with van der Waals surface area (Å²) in [5, 5.41) is 11.1. The molecule has 0 spiro atoms. The molecule has 9 nitrogen and oxygen atoms in total. The molecular formula is C27H25N3O6S. The number of esters is 1. The molecule has 0 aromatic heterocycles. The van der Waals surface area contributed by atoms with Crippen molar-refractivity contribution < 1.29 is 27.5 Å². The lowest BCUT2D eigenvalue weighted by atomic mass is 10.1. The fourth-order valence-corrected chi connectivity index (χ4v) is 5.41. The van der Waals surface area contributed by atoms with Crippen molar-refractivity contribution in [3.05, 3.63) is 77.9 Å². The number of hydrogen-bond donors (Lipinski definition) is 0. The van der Waals surface area contributed by atoms with Crippen LogP contribution < -0.4 is 4.74 Å². The van der Waals surface area contributed by atoms with Gasteiger partial charge in [-0.25, -0.2) is 13.2 Å². The average molecular weight is 520 g/mol. The molecule has 0 radical (unpaired) electrons. The first-order chi connectivity index (χ1) is 17.8. The van der Waals surface area contributed by atoms with Gasteiger partial charge in [-0.05, 0) is 46.7 Å². The number of carbonyl (C=O) groups is 2. The van der Waals surface area contributed by atoms with Gasteiger partial charge in [0.1, 0.15) is 17.4 Å². The maximum Gasteiger partial charge on any atom is 0.349 e. The van der Waals surface area contributed by atoms with E-state index in [1.807, 2.05) is 24.3 Å². The number of hydrogen-bond acceptors (Lipinski definition) is 7. The topological polar surface area (TPSA) is 117 Å². The summed E-state index contributed by atoms with van der Waals surface area (Å²) in [5.74, 6) is -0.740. The second kappa shape index (κ2) is 11.2. The molecule has 1 heterocycles. The van der Waals surface area contributed by atoms with Gasteiger partial charge in [-0.3, -0.25) is 4.79 Å². The van der Waals surface area contributed by atoms with Gasteiger partial charge >= 0.3 is 5.97 Å². The minimum atomic E-state index is -3.72. The number of amides is 1. The van der Waals surface area contributed by atoms with Gasteiger partial charge in [0.25, 0.3) is 5.91 Å². The summed E-state index contributed by atoms with van der Waals surface area (Å²) in [5.41, 5.74) is 0.355. The van der Waals surface area contributed by atoms with Crippen molar-refractivity contribution in [1.82, 2.24) is 9.21 Å². The maximum atomic E-state index is 13.1. The first kappa shape index (κ1) is 25.9. The monoisotopic (exact) mass is 519 g/mol. The van der Waals surface area contributed by atoms with Crippen molar-refractivity contribution in [1.29, 1.82) is 5.26 Å². The minimum absolute atomic E-state index is 0.121. The quantitative estimate of drug-likeness (QED) is 0.268. The normalized spacial score (nSPS) is 14.7. The fraction of sp³-hybridized carbons (Fsp3) is 0.222. The molecule has 0 saturated carbocycles. The van der Waals surface area contributed by atoms with Crippen LogP contribution in [-0.4, -0.2) is 69.4 Å². The molecule has 1 amide bonds. The molecule has 0 unspecified atom stereocenters. The van der Waals surface area contributed by atoms with Gasteiger partial charge in [0.15, 0.2) is 6.61 Å². The number of nitrogens with zero attached hydrogens (tertiary/aromatic N) is 3. The van der Waals surface area contributed by atoms with Gasteiger partial charge in [-0.2, -0.15) is 9.57 Å². The summed E-state index contributed by atoms with van der Waals surface area (Å²) in [6, 6.07) is 21.0. The Bertz CT molecular complexity index is 1480. The predicted molar refractivity (Wildman–Crippen MR) is 137 cm³/mol. The van der Waals surface area contributed by atoms with Crippen LogP contribution in [0.2, 0.25) is 0 Å². The predicted octanol–water partition coefficient (Wildman–Crippen LogP) is 2.83. The fourth-order valence-electron chi connectivity index (χ4n) is 3.95. The highest BCUT2D eigenvalue weighted by Crippen LogP contribution is 2.23. The molecule has 37 heavy (non-hydrogen) atoms. The Morgan fingerprint density at radius 3 is 2.30 bits per heavy atom. The summed E-state index contributed by atoms with van der Waals surface area (Å²) in [6.07, 6.45) is 1.36. The molecule has 1 fully saturated rings. The summed E-state index contributed by atoms with van der Waals surface area (Å²) < 4.78 is 37.7. The lowest BCUT2D eigenvalue weighted by Gasteiger charge is -2.33. The molecule has 1 aliphatic heterocycles. The SMILES string of the molecule is COc1ccc(/C=C(\C#N)C(=O)OCC(=O)N2CCN(S(=O)(=O)c3ccc4ccccc4c3)CC2)cc1. The van der Waals surface area contributed by atoms with Crippen LogP contribution in [0, 0.1) is 11.3 Å².